The molecule has 0 saturated heterocycles. The molecule has 5 heteroatoms. The lowest BCUT2D eigenvalue weighted by atomic mass is 10.5. The van der Waals surface area contributed by atoms with E-state index in [4.69, 9.17) is 11.5 Å². The molecule has 0 fully saturated rings. The summed E-state index contributed by atoms with van der Waals surface area (Å²) in [5.41, 5.74) is 10.5. The van der Waals surface area contributed by atoms with Gasteiger partial charge in [0.2, 0.25) is 0 Å². The molecule has 0 aliphatic carbocycles. The zero-order valence-corrected chi connectivity index (χ0v) is 6.02. The molecular formula is C5H7N3OS. The third-order valence-corrected chi connectivity index (χ3v) is 1.85. The predicted molar refractivity (Wildman–Crippen MR) is 38.5 cm³/mol. The highest BCUT2D eigenvalue weighted by molar-refractivity contribution is 7.09. The van der Waals surface area contributed by atoms with Crippen molar-refractivity contribution in [3.8, 4) is 0 Å². The molecule has 0 aliphatic heterocycles. The number of hydrogen-bond acceptors (Lipinski definition) is 4. The van der Waals surface area contributed by atoms with E-state index >= 15 is 0 Å². The SMILES string of the molecule is NCc1nc(C(N)=O)cs1. The number of nitrogens with zero attached hydrogens (tertiary/aromatic N) is 1. The monoisotopic (exact) mass is 157 g/mol. The van der Waals surface area contributed by atoms with Crippen LogP contribution in [0.4, 0.5) is 0 Å². The van der Waals surface area contributed by atoms with Gasteiger partial charge in [-0.05, 0) is 0 Å². The standard InChI is InChI=1S/C5H7N3OS/c6-1-4-8-3(2-10-4)5(7)9/h2H,1,6H2,(H2,7,9). The van der Waals surface area contributed by atoms with Crippen LogP contribution in [0.1, 0.15) is 15.5 Å². The minimum Gasteiger partial charge on any atom is -0.364 e. The molecule has 1 aromatic heterocycles. The minimum absolute atomic E-state index is 0.297. The van der Waals surface area contributed by atoms with E-state index in [2.05, 4.69) is 4.98 Å². The zero-order chi connectivity index (χ0) is 7.56. The van der Waals surface area contributed by atoms with Crippen molar-refractivity contribution in [2.45, 2.75) is 6.54 Å². The number of amides is 1. The number of nitrogens with two attached hydrogens (primary N) is 2. The molecule has 0 bridgehead atoms. The van der Waals surface area contributed by atoms with Gasteiger partial charge in [-0.15, -0.1) is 11.3 Å². The van der Waals surface area contributed by atoms with Gasteiger partial charge in [-0.2, -0.15) is 0 Å². The molecule has 4 N–H and O–H groups in total. The Morgan fingerprint density at radius 3 is 2.80 bits per heavy atom. The van der Waals surface area contributed by atoms with Crippen molar-refractivity contribution in [1.82, 2.24) is 4.98 Å². The number of thiazole rings is 1. The molecule has 4 nitrogen and oxygen atoms in total. The molecule has 1 amide bonds. The van der Waals surface area contributed by atoms with Crippen molar-refractivity contribution in [2.75, 3.05) is 0 Å². The van der Waals surface area contributed by atoms with E-state index in [1.165, 1.54) is 11.3 Å². The summed E-state index contributed by atoms with van der Waals surface area (Å²) in [5.74, 6) is -0.504. The lowest BCUT2D eigenvalue weighted by Crippen LogP contribution is -2.11. The molecule has 0 radical (unpaired) electrons. The van der Waals surface area contributed by atoms with Crippen molar-refractivity contribution in [2.24, 2.45) is 11.5 Å². The molecule has 1 rings (SSSR count). The van der Waals surface area contributed by atoms with Crippen molar-refractivity contribution in [3.63, 3.8) is 0 Å². The lowest BCUT2D eigenvalue weighted by Gasteiger charge is -1.83. The Morgan fingerprint density at radius 1 is 1.80 bits per heavy atom. The first-order valence-electron chi connectivity index (χ1n) is 2.68. The maximum atomic E-state index is 10.5. The first kappa shape index (κ1) is 7.17. The van der Waals surface area contributed by atoms with Crippen LogP contribution >= 0.6 is 11.3 Å². The first-order valence-corrected chi connectivity index (χ1v) is 3.56. The topological polar surface area (TPSA) is 82.0 Å². The van der Waals surface area contributed by atoms with Crippen molar-refractivity contribution < 1.29 is 4.79 Å². The van der Waals surface area contributed by atoms with Gasteiger partial charge in [-0.1, -0.05) is 0 Å². The van der Waals surface area contributed by atoms with Crippen LogP contribution in [-0.4, -0.2) is 10.9 Å². The van der Waals surface area contributed by atoms with Crippen LogP contribution in [0, 0.1) is 0 Å². The van der Waals surface area contributed by atoms with Gasteiger partial charge in [0.1, 0.15) is 10.7 Å². The molecule has 0 unspecified atom stereocenters. The second-order valence-electron chi connectivity index (χ2n) is 1.69. The van der Waals surface area contributed by atoms with Crippen LogP contribution in [0.2, 0.25) is 0 Å². The highest BCUT2D eigenvalue weighted by atomic mass is 32.1. The van der Waals surface area contributed by atoms with Crippen LogP contribution in [0.15, 0.2) is 5.38 Å². The van der Waals surface area contributed by atoms with E-state index < -0.39 is 5.91 Å². The molecule has 54 valence electrons. The fraction of sp³-hybridized carbons (Fsp3) is 0.200. The van der Waals surface area contributed by atoms with Gasteiger partial charge in [-0.3, -0.25) is 4.79 Å². The average molecular weight is 157 g/mol. The lowest BCUT2D eigenvalue weighted by molar-refractivity contribution is 0.0996. The molecule has 0 aliphatic rings. The van der Waals surface area contributed by atoms with E-state index in [0.29, 0.717) is 12.2 Å². The molecular weight excluding hydrogens is 150 g/mol. The summed E-state index contributed by atoms with van der Waals surface area (Å²) < 4.78 is 0. The van der Waals surface area contributed by atoms with Crippen LogP contribution in [-0.2, 0) is 6.54 Å². The smallest absolute Gasteiger partial charge is 0.268 e. The third-order valence-electron chi connectivity index (χ3n) is 0.979. The van der Waals surface area contributed by atoms with E-state index in [9.17, 15) is 4.79 Å². The number of carbonyl (C=O) groups excluding carboxylic acids is 1. The molecule has 1 aromatic rings. The van der Waals surface area contributed by atoms with E-state index in [0.717, 1.165) is 5.01 Å². The number of primary amides is 1. The number of carbonyl (C=O) groups is 1. The molecule has 0 aromatic carbocycles. The maximum Gasteiger partial charge on any atom is 0.268 e. The second kappa shape index (κ2) is 2.76. The minimum atomic E-state index is -0.504. The molecule has 0 spiro atoms. The highest BCUT2D eigenvalue weighted by Gasteiger charge is 2.03. The van der Waals surface area contributed by atoms with Gasteiger partial charge in [0.05, 0.1) is 0 Å². The fourth-order valence-corrected chi connectivity index (χ4v) is 1.18. The van der Waals surface area contributed by atoms with Crippen molar-refractivity contribution in [3.05, 3.63) is 16.1 Å². The molecule has 1 heterocycles. The van der Waals surface area contributed by atoms with Gasteiger partial charge in [-0.25, -0.2) is 4.98 Å². The van der Waals surface area contributed by atoms with Crippen LogP contribution in [0.3, 0.4) is 0 Å². The Bertz CT molecular complexity index is 245. The summed E-state index contributed by atoms with van der Waals surface area (Å²) >= 11 is 1.34. The van der Waals surface area contributed by atoms with Crippen LogP contribution < -0.4 is 11.5 Å². The van der Waals surface area contributed by atoms with Crippen LogP contribution in [0.5, 0.6) is 0 Å². The zero-order valence-electron chi connectivity index (χ0n) is 5.20. The first-order chi connectivity index (χ1) is 4.74. The van der Waals surface area contributed by atoms with E-state index in [1.54, 1.807) is 5.38 Å². The van der Waals surface area contributed by atoms with Gasteiger partial charge in [0.25, 0.3) is 5.91 Å². The largest absolute Gasteiger partial charge is 0.364 e. The Balaban J connectivity index is 2.88. The average Bonchev–Trinajstić information content (AvgIpc) is 2.34. The summed E-state index contributed by atoms with van der Waals surface area (Å²) in [7, 11) is 0. The van der Waals surface area contributed by atoms with Crippen molar-refractivity contribution >= 4 is 17.2 Å². The summed E-state index contributed by atoms with van der Waals surface area (Å²) in [4.78, 5) is 14.3. The van der Waals surface area contributed by atoms with E-state index in [-0.39, 0.29) is 0 Å². The highest BCUT2D eigenvalue weighted by Crippen LogP contribution is 2.07. The maximum absolute atomic E-state index is 10.5. The van der Waals surface area contributed by atoms with Gasteiger partial charge in [0.15, 0.2) is 0 Å². The molecule has 0 atom stereocenters. The van der Waals surface area contributed by atoms with Crippen LogP contribution in [0.25, 0.3) is 0 Å². The van der Waals surface area contributed by atoms with Gasteiger partial charge < -0.3 is 11.5 Å². The van der Waals surface area contributed by atoms with Crippen molar-refractivity contribution in [1.29, 1.82) is 0 Å². The summed E-state index contributed by atoms with van der Waals surface area (Å²) in [5, 5.41) is 2.33. The fourth-order valence-electron chi connectivity index (χ4n) is 0.518. The summed E-state index contributed by atoms with van der Waals surface area (Å²) in [6.07, 6.45) is 0. The Morgan fingerprint density at radius 2 is 2.50 bits per heavy atom. The Kier molecular flexibility index (Phi) is 1.98. The number of rotatable bonds is 2. The second-order valence-corrected chi connectivity index (χ2v) is 2.64. The third kappa shape index (κ3) is 1.31. The van der Waals surface area contributed by atoms with E-state index in [1.807, 2.05) is 0 Å². The van der Waals surface area contributed by atoms with Gasteiger partial charge in [0, 0.05) is 11.9 Å². The molecule has 0 saturated carbocycles. The number of hydrogen-bond donors (Lipinski definition) is 2. The Hall–Kier alpha value is -0.940. The quantitative estimate of drug-likeness (QED) is 0.618. The molecule has 10 heavy (non-hydrogen) atoms. The Labute approximate surface area is 61.9 Å². The summed E-state index contributed by atoms with van der Waals surface area (Å²) in [6.45, 7) is 0.359. The number of aromatic nitrogens is 1. The summed E-state index contributed by atoms with van der Waals surface area (Å²) in [6, 6.07) is 0. The van der Waals surface area contributed by atoms with Gasteiger partial charge >= 0.3 is 0 Å². The normalized spacial score (nSPS) is 9.70. The predicted octanol–water partition coefficient (Wildman–Crippen LogP) is -0.299.